The fourth-order valence-corrected chi connectivity index (χ4v) is 2.36. The fraction of sp³-hybridized carbons (Fsp3) is 0.778. The van der Waals surface area contributed by atoms with Crippen LogP contribution in [0.5, 0.6) is 0 Å². The summed E-state index contributed by atoms with van der Waals surface area (Å²) in [4.78, 5) is 46.9. The van der Waals surface area contributed by atoms with Crippen LogP contribution in [0.15, 0.2) is 0 Å². The molecule has 9 nitrogen and oxygen atoms in total. The third-order valence-corrected chi connectivity index (χ3v) is 3.91. The summed E-state index contributed by atoms with van der Waals surface area (Å²) in [5.74, 6) is -2.03. The molecule has 1 rings (SSSR count). The summed E-state index contributed by atoms with van der Waals surface area (Å²) in [5.41, 5.74) is 0. The predicted molar refractivity (Wildman–Crippen MR) is 91.5 cm³/mol. The highest BCUT2D eigenvalue weighted by molar-refractivity contribution is 5.71. The van der Waals surface area contributed by atoms with Gasteiger partial charge in [0, 0.05) is 25.7 Å². The van der Waals surface area contributed by atoms with Gasteiger partial charge >= 0.3 is 23.9 Å². The minimum atomic E-state index is -1.07. The topological polar surface area (TPSA) is 114 Å². The predicted octanol–water partition coefficient (Wildman–Crippen LogP) is 1.30. The van der Waals surface area contributed by atoms with Crippen molar-refractivity contribution in [3.8, 4) is 0 Å². The van der Waals surface area contributed by atoms with Gasteiger partial charge in [0.2, 0.25) is 0 Å². The van der Waals surface area contributed by atoms with Crippen molar-refractivity contribution >= 4 is 23.9 Å². The van der Waals surface area contributed by atoms with Gasteiger partial charge < -0.3 is 23.7 Å². The first-order valence-corrected chi connectivity index (χ1v) is 9.21. The average Bonchev–Trinajstić information content (AvgIpc) is 2.68. The lowest BCUT2D eigenvalue weighted by molar-refractivity contribution is -0.233. The van der Waals surface area contributed by atoms with E-state index in [-0.39, 0.29) is 38.9 Å². The number of rotatable bonds is 9. The molecule has 9 heteroatoms. The Morgan fingerprint density at radius 2 is 1.22 bits per heavy atom. The van der Waals surface area contributed by atoms with E-state index >= 15 is 0 Å². The van der Waals surface area contributed by atoms with Gasteiger partial charge in [-0.1, -0.05) is 27.7 Å². The van der Waals surface area contributed by atoms with Crippen LogP contribution in [0.3, 0.4) is 0 Å². The monoisotopic (exact) mass is 388 g/mol. The minimum Gasteiger partial charge on any atom is -0.463 e. The van der Waals surface area contributed by atoms with E-state index in [2.05, 4.69) is 0 Å². The first-order chi connectivity index (χ1) is 12.9. The lowest BCUT2D eigenvalue weighted by Crippen LogP contribution is -2.58. The van der Waals surface area contributed by atoms with E-state index in [9.17, 15) is 19.2 Å². The molecule has 27 heavy (non-hydrogen) atoms. The van der Waals surface area contributed by atoms with E-state index < -0.39 is 48.3 Å². The standard InChI is InChI=1S/C18H28O9/c1-5-13(19)24-9-11-17(26-15(21)7-3)18(27-16(22)8-4)12(10-23-11)25-14(20)6-2/h11-12,17-18H,5-10H2,1-4H3/t11-,12?,17+,18-/m1/s1. The molecule has 0 saturated carbocycles. The lowest BCUT2D eigenvalue weighted by atomic mass is 9.99. The molecule has 1 fully saturated rings. The first kappa shape index (κ1) is 22.9. The number of hydrogen-bond donors (Lipinski definition) is 0. The number of carbonyl (C=O) groups excluding carboxylic acids is 4. The Kier molecular flexibility index (Phi) is 9.77. The van der Waals surface area contributed by atoms with Gasteiger partial charge in [-0.3, -0.25) is 19.2 Å². The van der Waals surface area contributed by atoms with Crippen LogP contribution in [-0.2, 0) is 42.9 Å². The second-order valence-electron chi connectivity index (χ2n) is 5.91. The van der Waals surface area contributed by atoms with Crippen LogP contribution in [-0.4, -0.2) is 61.5 Å². The Balaban J connectivity index is 3.05. The Morgan fingerprint density at radius 1 is 0.741 bits per heavy atom. The molecule has 0 aromatic carbocycles. The zero-order chi connectivity index (χ0) is 20.4. The molecule has 0 bridgehead atoms. The maximum Gasteiger partial charge on any atom is 0.306 e. The minimum absolute atomic E-state index is 0.0814. The van der Waals surface area contributed by atoms with Crippen molar-refractivity contribution in [2.75, 3.05) is 13.2 Å². The van der Waals surface area contributed by atoms with Crippen molar-refractivity contribution < 1.29 is 42.9 Å². The van der Waals surface area contributed by atoms with Gasteiger partial charge in [-0.15, -0.1) is 0 Å². The van der Waals surface area contributed by atoms with Gasteiger partial charge in [0.05, 0.1) is 6.61 Å². The Bertz CT molecular complexity index is 531. The molecule has 0 radical (unpaired) electrons. The molecule has 0 spiro atoms. The smallest absolute Gasteiger partial charge is 0.306 e. The second kappa shape index (κ2) is 11.5. The van der Waals surface area contributed by atoms with E-state index in [1.807, 2.05) is 0 Å². The van der Waals surface area contributed by atoms with Crippen molar-refractivity contribution in [2.24, 2.45) is 0 Å². The molecule has 0 aliphatic carbocycles. The van der Waals surface area contributed by atoms with Gasteiger partial charge in [0.15, 0.2) is 18.3 Å². The molecule has 0 N–H and O–H groups in total. The highest BCUT2D eigenvalue weighted by Gasteiger charge is 2.47. The molecule has 154 valence electrons. The summed E-state index contributed by atoms with van der Waals surface area (Å²) in [6.45, 7) is 6.23. The van der Waals surface area contributed by atoms with E-state index in [0.717, 1.165) is 0 Å². The summed E-state index contributed by atoms with van der Waals surface area (Å²) in [5, 5.41) is 0. The Morgan fingerprint density at radius 3 is 1.74 bits per heavy atom. The van der Waals surface area contributed by atoms with E-state index in [1.165, 1.54) is 0 Å². The first-order valence-electron chi connectivity index (χ1n) is 9.21. The van der Waals surface area contributed by atoms with Crippen LogP contribution in [0.2, 0.25) is 0 Å². The summed E-state index contributed by atoms with van der Waals surface area (Å²) < 4.78 is 26.8. The number of hydrogen-bond acceptors (Lipinski definition) is 9. The second-order valence-corrected chi connectivity index (χ2v) is 5.91. The molecule has 0 aromatic heterocycles. The molecule has 0 aromatic rings. The average molecular weight is 388 g/mol. The number of ether oxygens (including phenoxy) is 5. The molecule has 1 aliphatic rings. The third-order valence-electron chi connectivity index (χ3n) is 3.91. The Hall–Kier alpha value is -2.16. The highest BCUT2D eigenvalue weighted by atomic mass is 16.7. The maximum atomic E-state index is 11.9. The summed E-state index contributed by atoms with van der Waals surface area (Å²) in [6.07, 6.45) is -3.41. The van der Waals surface area contributed by atoms with Gasteiger partial charge in [-0.05, 0) is 0 Å². The SMILES string of the molecule is CCC(=O)OC[C@H]1OCC(OC(=O)CC)[C@@H](OC(=O)CC)[C@H]1OC(=O)CC. The van der Waals surface area contributed by atoms with Crippen molar-refractivity contribution in [1.82, 2.24) is 0 Å². The summed E-state index contributed by atoms with van der Waals surface area (Å²) >= 11 is 0. The van der Waals surface area contributed by atoms with Crippen LogP contribution < -0.4 is 0 Å². The molecular formula is C18H28O9. The van der Waals surface area contributed by atoms with Crippen LogP contribution in [0.1, 0.15) is 53.4 Å². The lowest BCUT2D eigenvalue weighted by Gasteiger charge is -2.40. The molecule has 1 aliphatic heterocycles. The highest BCUT2D eigenvalue weighted by Crippen LogP contribution is 2.25. The number of esters is 4. The van der Waals surface area contributed by atoms with Gasteiger partial charge in [-0.25, -0.2) is 0 Å². The largest absolute Gasteiger partial charge is 0.463 e. The molecular weight excluding hydrogens is 360 g/mol. The van der Waals surface area contributed by atoms with Gasteiger partial charge in [0.1, 0.15) is 12.7 Å². The zero-order valence-electron chi connectivity index (χ0n) is 16.2. The zero-order valence-corrected chi connectivity index (χ0v) is 16.2. The Labute approximate surface area is 158 Å². The summed E-state index contributed by atoms with van der Waals surface area (Å²) in [7, 11) is 0. The molecule has 4 atom stereocenters. The fourth-order valence-electron chi connectivity index (χ4n) is 2.36. The molecule has 1 saturated heterocycles. The molecule has 1 unspecified atom stereocenters. The van der Waals surface area contributed by atoms with E-state index in [0.29, 0.717) is 0 Å². The summed E-state index contributed by atoms with van der Waals surface area (Å²) in [6, 6.07) is 0. The maximum absolute atomic E-state index is 11.9. The van der Waals surface area contributed by atoms with Gasteiger partial charge in [0.25, 0.3) is 0 Å². The van der Waals surface area contributed by atoms with Crippen molar-refractivity contribution in [3.05, 3.63) is 0 Å². The quantitative estimate of drug-likeness (QED) is 0.426. The third kappa shape index (κ3) is 7.16. The molecule has 0 amide bonds. The molecule has 1 heterocycles. The van der Waals surface area contributed by atoms with Crippen molar-refractivity contribution in [1.29, 1.82) is 0 Å². The van der Waals surface area contributed by atoms with Crippen LogP contribution in [0, 0.1) is 0 Å². The van der Waals surface area contributed by atoms with Crippen LogP contribution in [0.4, 0.5) is 0 Å². The van der Waals surface area contributed by atoms with Crippen LogP contribution in [0.25, 0.3) is 0 Å². The van der Waals surface area contributed by atoms with E-state index in [4.69, 9.17) is 23.7 Å². The van der Waals surface area contributed by atoms with Gasteiger partial charge in [-0.2, -0.15) is 0 Å². The van der Waals surface area contributed by atoms with Crippen molar-refractivity contribution in [2.45, 2.75) is 77.8 Å². The normalized spacial score (nSPS) is 24.6. The van der Waals surface area contributed by atoms with Crippen molar-refractivity contribution in [3.63, 3.8) is 0 Å². The van der Waals surface area contributed by atoms with E-state index in [1.54, 1.807) is 27.7 Å². The number of carbonyl (C=O) groups is 4. The van der Waals surface area contributed by atoms with Crippen LogP contribution >= 0.6 is 0 Å².